The third-order valence-electron chi connectivity index (χ3n) is 4.79. The van der Waals surface area contributed by atoms with Crippen molar-refractivity contribution in [1.29, 1.82) is 0 Å². The average Bonchev–Trinajstić information content (AvgIpc) is 2.93. The molecule has 2 aliphatic carbocycles. The molecule has 2 aliphatic rings. The average molecular weight is 272 g/mol. The van der Waals surface area contributed by atoms with Gasteiger partial charge >= 0.3 is 6.18 Å². The van der Waals surface area contributed by atoms with Crippen molar-refractivity contribution in [3.63, 3.8) is 0 Å². The number of fused-ring (bicyclic) bond motifs is 1. The molecule has 1 heterocycles. The minimum atomic E-state index is -4.08. The van der Waals surface area contributed by atoms with Gasteiger partial charge < -0.3 is 4.98 Å². The van der Waals surface area contributed by atoms with Gasteiger partial charge in [-0.3, -0.25) is 0 Å². The summed E-state index contributed by atoms with van der Waals surface area (Å²) in [5.41, 5.74) is 1.63. The summed E-state index contributed by atoms with van der Waals surface area (Å²) in [6.45, 7) is 2.17. The van der Waals surface area contributed by atoms with Crippen LogP contribution < -0.4 is 0 Å². The van der Waals surface area contributed by atoms with E-state index < -0.39 is 12.1 Å². The SMILES string of the molecule is CC1(c2nc3c([nH]2)CC(C(F)(F)F)CC3)CCCC1. The molecule has 0 amide bonds. The Morgan fingerprint density at radius 2 is 1.95 bits per heavy atom. The van der Waals surface area contributed by atoms with Crippen molar-refractivity contribution in [2.24, 2.45) is 5.92 Å². The highest BCUT2D eigenvalue weighted by molar-refractivity contribution is 5.23. The summed E-state index contributed by atoms with van der Waals surface area (Å²) in [7, 11) is 0. The van der Waals surface area contributed by atoms with Crippen LogP contribution in [0.4, 0.5) is 13.2 Å². The first-order valence-electron chi connectivity index (χ1n) is 7.03. The third-order valence-corrected chi connectivity index (χ3v) is 4.79. The minimum Gasteiger partial charge on any atom is -0.345 e. The molecule has 0 saturated heterocycles. The Hall–Kier alpha value is -1.00. The summed E-state index contributed by atoms with van der Waals surface area (Å²) < 4.78 is 38.4. The normalized spacial score (nSPS) is 26.4. The number of hydrogen-bond acceptors (Lipinski definition) is 1. The van der Waals surface area contributed by atoms with Gasteiger partial charge in [0.25, 0.3) is 0 Å². The molecule has 1 saturated carbocycles. The maximum atomic E-state index is 12.8. The molecule has 1 fully saturated rings. The van der Waals surface area contributed by atoms with E-state index >= 15 is 0 Å². The molecule has 106 valence electrons. The zero-order valence-electron chi connectivity index (χ0n) is 11.1. The number of rotatable bonds is 1. The fraction of sp³-hybridized carbons (Fsp3) is 0.786. The van der Waals surface area contributed by atoms with Crippen molar-refractivity contribution in [3.8, 4) is 0 Å². The highest BCUT2D eigenvalue weighted by atomic mass is 19.4. The van der Waals surface area contributed by atoms with Gasteiger partial charge in [0.05, 0.1) is 11.6 Å². The maximum absolute atomic E-state index is 12.8. The lowest BCUT2D eigenvalue weighted by Crippen LogP contribution is -2.28. The van der Waals surface area contributed by atoms with Crippen LogP contribution in [0, 0.1) is 5.92 Å². The Morgan fingerprint density at radius 3 is 2.58 bits per heavy atom. The smallest absolute Gasteiger partial charge is 0.345 e. The number of nitrogens with one attached hydrogen (secondary N) is 1. The van der Waals surface area contributed by atoms with Crippen molar-refractivity contribution >= 4 is 0 Å². The standard InChI is InChI=1S/C14H19F3N2/c1-13(6-2-3-7-13)12-18-10-5-4-9(14(15,16)17)8-11(10)19-12/h9H,2-8H2,1H3,(H,18,19). The fourth-order valence-electron chi connectivity index (χ4n) is 3.44. The van der Waals surface area contributed by atoms with Gasteiger partial charge in [0, 0.05) is 17.5 Å². The Balaban J connectivity index is 1.85. The topological polar surface area (TPSA) is 28.7 Å². The number of hydrogen-bond donors (Lipinski definition) is 1. The van der Waals surface area contributed by atoms with Crippen molar-refractivity contribution < 1.29 is 13.2 Å². The molecule has 0 bridgehead atoms. The third kappa shape index (κ3) is 2.28. The predicted molar refractivity (Wildman–Crippen MR) is 66.0 cm³/mol. The second-order valence-corrected chi connectivity index (χ2v) is 6.26. The molecule has 1 atom stereocenters. The van der Waals surface area contributed by atoms with Gasteiger partial charge in [-0.05, 0) is 25.7 Å². The maximum Gasteiger partial charge on any atom is 0.392 e. The lowest BCUT2D eigenvalue weighted by Gasteiger charge is -2.23. The first kappa shape index (κ1) is 13.0. The molecule has 3 rings (SSSR count). The van der Waals surface area contributed by atoms with Gasteiger partial charge in [-0.2, -0.15) is 13.2 Å². The molecule has 2 nitrogen and oxygen atoms in total. The molecular formula is C14H19F3N2. The molecule has 5 heteroatoms. The lowest BCUT2D eigenvalue weighted by atomic mass is 9.88. The largest absolute Gasteiger partial charge is 0.392 e. The van der Waals surface area contributed by atoms with Crippen molar-refractivity contribution in [3.05, 3.63) is 17.2 Å². The molecule has 1 aromatic heterocycles. The Kier molecular flexibility index (Phi) is 2.91. The van der Waals surface area contributed by atoms with E-state index in [0.29, 0.717) is 6.42 Å². The predicted octanol–water partition coefficient (Wildman–Crippen LogP) is 3.91. The van der Waals surface area contributed by atoms with Crippen LogP contribution in [0.25, 0.3) is 0 Å². The number of aromatic nitrogens is 2. The van der Waals surface area contributed by atoms with E-state index in [-0.39, 0.29) is 18.3 Å². The van der Waals surface area contributed by atoms with Crippen LogP contribution in [0.5, 0.6) is 0 Å². The minimum absolute atomic E-state index is 0.0467. The molecule has 19 heavy (non-hydrogen) atoms. The molecule has 0 radical (unpaired) electrons. The molecular weight excluding hydrogens is 253 g/mol. The highest BCUT2D eigenvalue weighted by Gasteiger charge is 2.43. The van der Waals surface area contributed by atoms with Gasteiger partial charge in [0.2, 0.25) is 0 Å². The first-order valence-corrected chi connectivity index (χ1v) is 7.03. The monoisotopic (exact) mass is 272 g/mol. The van der Waals surface area contributed by atoms with Crippen molar-refractivity contribution in [2.45, 2.75) is 63.5 Å². The van der Waals surface area contributed by atoms with E-state index in [4.69, 9.17) is 0 Å². The van der Waals surface area contributed by atoms with Crippen LogP contribution in [0.3, 0.4) is 0 Å². The van der Waals surface area contributed by atoms with E-state index in [1.54, 1.807) is 0 Å². The van der Waals surface area contributed by atoms with Crippen molar-refractivity contribution in [2.75, 3.05) is 0 Å². The van der Waals surface area contributed by atoms with Crippen LogP contribution in [0.2, 0.25) is 0 Å². The van der Waals surface area contributed by atoms with Gasteiger partial charge in [-0.25, -0.2) is 4.98 Å². The van der Waals surface area contributed by atoms with Crippen LogP contribution in [0.15, 0.2) is 0 Å². The van der Waals surface area contributed by atoms with Crippen LogP contribution >= 0.6 is 0 Å². The summed E-state index contributed by atoms with van der Waals surface area (Å²) in [5, 5.41) is 0. The van der Waals surface area contributed by atoms with E-state index in [9.17, 15) is 13.2 Å². The quantitative estimate of drug-likeness (QED) is 0.825. The number of nitrogens with zero attached hydrogens (tertiary/aromatic N) is 1. The number of aromatic amines is 1. The van der Waals surface area contributed by atoms with E-state index in [0.717, 1.165) is 30.1 Å². The Bertz CT molecular complexity index is 470. The number of imidazole rings is 1. The summed E-state index contributed by atoms with van der Waals surface area (Å²) in [6, 6.07) is 0. The summed E-state index contributed by atoms with van der Waals surface area (Å²) in [4.78, 5) is 7.81. The van der Waals surface area contributed by atoms with E-state index in [1.807, 2.05) is 0 Å². The molecule has 1 unspecified atom stereocenters. The fourth-order valence-corrected chi connectivity index (χ4v) is 3.44. The summed E-state index contributed by atoms with van der Waals surface area (Å²) in [6.07, 6.45) is 1.16. The van der Waals surface area contributed by atoms with Gasteiger partial charge in [0.15, 0.2) is 0 Å². The number of halogens is 3. The Labute approximate surface area is 110 Å². The Morgan fingerprint density at radius 1 is 1.26 bits per heavy atom. The van der Waals surface area contributed by atoms with E-state index in [1.165, 1.54) is 12.8 Å². The second-order valence-electron chi connectivity index (χ2n) is 6.26. The lowest BCUT2D eigenvalue weighted by molar-refractivity contribution is -0.177. The van der Waals surface area contributed by atoms with Crippen LogP contribution in [-0.2, 0) is 18.3 Å². The number of alkyl halides is 3. The van der Waals surface area contributed by atoms with Crippen LogP contribution in [0.1, 0.15) is 56.2 Å². The van der Waals surface area contributed by atoms with Gasteiger partial charge in [-0.1, -0.05) is 19.8 Å². The zero-order valence-corrected chi connectivity index (χ0v) is 11.1. The zero-order chi connectivity index (χ0) is 13.7. The summed E-state index contributed by atoms with van der Waals surface area (Å²) >= 11 is 0. The van der Waals surface area contributed by atoms with Crippen LogP contribution in [-0.4, -0.2) is 16.1 Å². The van der Waals surface area contributed by atoms with Crippen molar-refractivity contribution in [1.82, 2.24) is 9.97 Å². The number of H-pyrrole nitrogens is 1. The highest BCUT2D eigenvalue weighted by Crippen LogP contribution is 2.41. The molecule has 1 N–H and O–H groups in total. The molecule has 0 aliphatic heterocycles. The first-order chi connectivity index (χ1) is 8.88. The van der Waals surface area contributed by atoms with Gasteiger partial charge in [-0.15, -0.1) is 0 Å². The molecule has 0 spiro atoms. The molecule has 1 aromatic rings. The number of aryl methyl sites for hydroxylation is 1. The molecule has 0 aromatic carbocycles. The van der Waals surface area contributed by atoms with E-state index in [2.05, 4.69) is 16.9 Å². The second kappa shape index (κ2) is 4.25. The van der Waals surface area contributed by atoms with Gasteiger partial charge in [0.1, 0.15) is 5.82 Å². The summed E-state index contributed by atoms with van der Waals surface area (Å²) in [5.74, 6) is -0.289.